The van der Waals surface area contributed by atoms with Crippen LogP contribution in [0.1, 0.15) is 120 Å². The van der Waals surface area contributed by atoms with Crippen molar-refractivity contribution < 1.29 is 84.3 Å². The van der Waals surface area contributed by atoms with Gasteiger partial charge < -0.3 is 79.5 Å². The highest BCUT2D eigenvalue weighted by Crippen LogP contribution is 2.76. The number of allylic oxidation sites excluding steroid dienone is 2. The molecule has 3 saturated heterocycles. The number of hydrogen-bond donors (Lipinski definition) is 10. The van der Waals surface area contributed by atoms with E-state index in [9.17, 15) is 55.9 Å². The van der Waals surface area contributed by atoms with Crippen molar-refractivity contribution in [2.75, 3.05) is 13.2 Å². The first-order valence-corrected chi connectivity index (χ1v) is 24.2. The van der Waals surface area contributed by atoms with Gasteiger partial charge in [-0.2, -0.15) is 0 Å². The number of aliphatic hydroxyl groups excluding tert-OH is 10. The van der Waals surface area contributed by atoms with Crippen LogP contribution in [0.2, 0.25) is 0 Å². The molecule has 65 heavy (non-hydrogen) atoms. The largest absolute Gasteiger partial charge is 0.432 e. The zero-order valence-corrected chi connectivity index (χ0v) is 39.4. The summed E-state index contributed by atoms with van der Waals surface area (Å²) < 4.78 is 34.8. The van der Waals surface area contributed by atoms with E-state index in [1.165, 1.54) is 12.5 Å². The second kappa shape index (κ2) is 17.5. The molecule has 0 aromatic heterocycles. The molecule has 0 aromatic carbocycles. The predicted octanol–water partition coefficient (Wildman–Crippen LogP) is 1.17. The Morgan fingerprint density at radius 1 is 0.677 bits per heavy atom. The summed E-state index contributed by atoms with van der Waals surface area (Å²) in [7, 11) is 0. The van der Waals surface area contributed by atoms with Crippen LogP contribution in [0.25, 0.3) is 0 Å². The van der Waals surface area contributed by atoms with Crippen molar-refractivity contribution in [3.8, 4) is 0 Å². The number of rotatable bonds is 8. The maximum Gasteiger partial charge on any atom is 0.315 e. The van der Waals surface area contributed by atoms with E-state index in [4.69, 9.17) is 28.4 Å². The van der Waals surface area contributed by atoms with E-state index in [2.05, 4.69) is 54.5 Å². The first-order valence-electron chi connectivity index (χ1n) is 24.2. The Kier molecular flexibility index (Phi) is 13.4. The van der Waals surface area contributed by atoms with Crippen LogP contribution in [0, 0.1) is 50.2 Å². The van der Waals surface area contributed by atoms with E-state index in [0.29, 0.717) is 24.7 Å². The van der Waals surface area contributed by atoms with E-state index in [-0.39, 0.29) is 39.1 Å². The average Bonchev–Trinajstić information content (AvgIpc) is 3.25. The van der Waals surface area contributed by atoms with Crippen molar-refractivity contribution in [1.29, 1.82) is 0 Å². The van der Waals surface area contributed by atoms with Gasteiger partial charge in [-0.15, -0.1) is 0 Å². The highest BCUT2D eigenvalue weighted by Gasteiger charge is 2.70. The molecule has 372 valence electrons. The van der Waals surface area contributed by atoms with E-state index < -0.39 is 117 Å². The van der Waals surface area contributed by atoms with Gasteiger partial charge >= 0.3 is 5.97 Å². The molecule has 0 bridgehead atoms. The molecule has 3 aliphatic heterocycles. The maximum atomic E-state index is 14.9. The Morgan fingerprint density at radius 3 is 2.00 bits per heavy atom. The van der Waals surface area contributed by atoms with Gasteiger partial charge in [0, 0.05) is 0 Å². The lowest BCUT2D eigenvalue weighted by atomic mass is 9.33. The monoisotopic (exact) mass is 927 g/mol. The zero-order chi connectivity index (χ0) is 47.6. The van der Waals surface area contributed by atoms with Crippen LogP contribution in [-0.4, -0.2) is 168 Å². The van der Waals surface area contributed by atoms with Crippen LogP contribution in [0.4, 0.5) is 0 Å². The quantitative estimate of drug-likeness (QED) is 0.121. The first kappa shape index (κ1) is 50.0. The molecule has 8 aliphatic rings. The Bertz CT molecular complexity index is 1780. The summed E-state index contributed by atoms with van der Waals surface area (Å²) in [5, 5.41) is 108. The molecule has 0 aromatic rings. The molecule has 4 saturated carbocycles. The number of hydrogen-bond acceptors (Lipinski definition) is 17. The summed E-state index contributed by atoms with van der Waals surface area (Å²) in [4.78, 5) is 14.9. The molecule has 0 radical (unpaired) electrons. The lowest BCUT2D eigenvalue weighted by Gasteiger charge is -2.71. The van der Waals surface area contributed by atoms with Crippen molar-refractivity contribution in [3.05, 3.63) is 11.6 Å². The molecule has 23 atom stereocenters. The van der Waals surface area contributed by atoms with Gasteiger partial charge in [0.25, 0.3) is 0 Å². The number of carbonyl (C=O) groups excluding carboxylic acids is 1. The van der Waals surface area contributed by atoms with E-state index in [0.717, 1.165) is 51.4 Å². The topological polar surface area (TPSA) is 275 Å². The third-order valence-electron chi connectivity index (χ3n) is 19.3. The van der Waals surface area contributed by atoms with E-state index >= 15 is 0 Å². The molecule has 0 amide bonds. The van der Waals surface area contributed by atoms with Gasteiger partial charge in [-0.25, -0.2) is 0 Å². The molecule has 5 aliphatic carbocycles. The molecule has 10 N–H and O–H groups in total. The van der Waals surface area contributed by atoms with Gasteiger partial charge in [0.2, 0.25) is 6.29 Å². The average molecular weight is 927 g/mol. The fourth-order valence-corrected chi connectivity index (χ4v) is 14.8. The molecule has 17 nitrogen and oxygen atoms in total. The summed E-state index contributed by atoms with van der Waals surface area (Å²) >= 11 is 0. The predicted molar refractivity (Wildman–Crippen MR) is 229 cm³/mol. The fraction of sp³-hybridized carbons (Fsp3) is 0.938. The summed E-state index contributed by atoms with van der Waals surface area (Å²) in [6.45, 7) is 16.4. The summed E-state index contributed by atoms with van der Waals surface area (Å²) in [5.41, 5.74) is -0.0204. The van der Waals surface area contributed by atoms with Crippen LogP contribution in [0.3, 0.4) is 0 Å². The standard InChI is InChI=1S/C48H78O17/c1-22-30(51)32(53)35(56)40(61-22)64-38-25(20-49)62-39(37(58)34(38)55)60-21-26-31(52)33(54)36(57)41(63-26)65-42(59)48-17-15-43(2,3)19-24(48)23-9-10-28-45(6)13-12-29(50)44(4,5)27(45)11-14-47(28,8)46(23,7)16-18-48/h9,22,24-41,49-58H,10-21H2,1-8H3/t22-,24?,25+,26+,27?,28?,29-,30-,31+,32+,33-,34+,35+,36+,37+,38+,39+,40-,41-,45-,46+,47+,48-/m0/s1. The number of carbonyl (C=O) groups is 1. The summed E-state index contributed by atoms with van der Waals surface area (Å²) in [5.74, 6) is 0.139. The minimum absolute atomic E-state index is 0.0373. The van der Waals surface area contributed by atoms with E-state index in [1.54, 1.807) is 0 Å². The number of esters is 1. The lowest BCUT2D eigenvalue weighted by Crippen LogP contribution is -2.65. The zero-order valence-electron chi connectivity index (χ0n) is 39.4. The van der Waals surface area contributed by atoms with Crippen LogP contribution in [-0.2, 0) is 33.2 Å². The van der Waals surface area contributed by atoms with Crippen LogP contribution >= 0.6 is 0 Å². The van der Waals surface area contributed by atoms with Crippen LogP contribution in [0.15, 0.2) is 11.6 Å². The summed E-state index contributed by atoms with van der Waals surface area (Å²) in [6, 6.07) is 0. The minimum Gasteiger partial charge on any atom is -0.432 e. The Hall–Kier alpha value is -1.39. The van der Waals surface area contributed by atoms with Crippen molar-refractivity contribution in [2.45, 2.75) is 218 Å². The van der Waals surface area contributed by atoms with Gasteiger partial charge in [0.15, 0.2) is 12.6 Å². The van der Waals surface area contributed by atoms with E-state index in [1.807, 2.05) is 0 Å². The first-order chi connectivity index (χ1) is 30.3. The van der Waals surface area contributed by atoms with Gasteiger partial charge in [-0.1, -0.05) is 60.1 Å². The highest BCUT2D eigenvalue weighted by molar-refractivity contribution is 5.79. The Morgan fingerprint density at radius 2 is 1.31 bits per heavy atom. The molecule has 3 heterocycles. The molecular formula is C48H78O17. The van der Waals surface area contributed by atoms with Crippen molar-refractivity contribution in [2.24, 2.45) is 50.2 Å². The molecular weight excluding hydrogens is 849 g/mol. The molecule has 17 heteroatoms. The molecule has 8 rings (SSSR count). The highest BCUT2D eigenvalue weighted by atomic mass is 16.8. The third kappa shape index (κ3) is 7.90. The third-order valence-corrected chi connectivity index (χ3v) is 19.3. The molecule has 7 fully saturated rings. The normalized spacial score (nSPS) is 53.9. The maximum absolute atomic E-state index is 14.9. The van der Waals surface area contributed by atoms with Gasteiger partial charge in [-0.3, -0.25) is 4.79 Å². The Labute approximate surface area is 382 Å². The smallest absolute Gasteiger partial charge is 0.315 e. The van der Waals surface area contributed by atoms with Crippen LogP contribution in [0.5, 0.6) is 0 Å². The fourth-order valence-electron chi connectivity index (χ4n) is 14.8. The number of ether oxygens (including phenoxy) is 6. The van der Waals surface area contributed by atoms with Crippen LogP contribution < -0.4 is 0 Å². The SMILES string of the molecule is C[C@@H]1O[C@@H](O[C@H]2[C@H](O)[C@@H](O)[C@H](OC[C@H]3O[C@@H](OC(=O)[C@]45CCC(C)(C)CC4C4=CCC6[C@@]7(C)CC[C@H](O)C(C)(C)C7CC[C@@]6(C)[C@]4(C)CC5)[C@H](O)[C@@H](O)[C@@H]3O)O[C@@H]2CO)[C@H](O)[C@H](O)[C@H]1O. The summed E-state index contributed by atoms with van der Waals surface area (Å²) in [6.07, 6.45) is -13.7. The second-order valence-corrected chi connectivity index (χ2v) is 23.5. The molecule has 0 spiro atoms. The second-order valence-electron chi connectivity index (χ2n) is 23.5. The van der Waals surface area contributed by atoms with Crippen molar-refractivity contribution in [3.63, 3.8) is 0 Å². The number of fused-ring (bicyclic) bond motifs is 7. The van der Waals surface area contributed by atoms with Gasteiger partial charge in [-0.05, 0) is 116 Å². The van der Waals surface area contributed by atoms with Gasteiger partial charge in [0.1, 0.15) is 67.1 Å². The van der Waals surface area contributed by atoms with Crippen molar-refractivity contribution in [1.82, 2.24) is 0 Å². The van der Waals surface area contributed by atoms with Crippen molar-refractivity contribution >= 4 is 5.97 Å². The lowest BCUT2D eigenvalue weighted by molar-refractivity contribution is -0.361. The molecule has 3 unspecified atom stereocenters. The number of aliphatic hydroxyl groups is 10. The van der Waals surface area contributed by atoms with Gasteiger partial charge in [0.05, 0.1) is 30.8 Å². The minimum atomic E-state index is -1.84. The Balaban J connectivity index is 0.973.